The standard InChI is InChI=1S/C66H69F9N6O12.BrH.Li/c1-7-79(8-2)55(82)37-91-58-43-25-40(61(85)76-52-19-13-49(14-20-52)64(67,68)69)26-44(58)32-89-34-46-28-42(63(87)78-54-23-17-51(18-24-54)66(73,74)75)30-48(60(46)93-39-57(84)81(11-5)12-6)36-90-35-47-29-41(62(86)77-53-21-15-50(16-22-53)65(70,71)72)27-45(33-88-31-43)59(47)92-38-56(83)80(9-3)10-4;;/h13-30H,7-12,31-39H2,1-6H3,(H,76,85)(H,77,86)(H,78,87);1H;/q;;+1/p-1. The summed E-state index contributed by atoms with van der Waals surface area (Å²) in [7, 11) is 0. The van der Waals surface area contributed by atoms with E-state index in [0.29, 0.717) is 39.3 Å². The van der Waals surface area contributed by atoms with Gasteiger partial charge >= 0.3 is 37.4 Å². The van der Waals surface area contributed by atoms with E-state index in [4.69, 9.17) is 28.4 Å². The van der Waals surface area contributed by atoms with Crippen LogP contribution in [0.5, 0.6) is 17.2 Å². The maximum absolute atomic E-state index is 14.4. The molecule has 6 bridgehead atoms. The van der Waals surface area contributed by atoms with Crippen LogP contribution in [-0.2, 0) is 86.8 Å². The van der Waals surface area contributed by atoms with Crippen molar-refractivity contribution in [2.75, 3.05) is 75.0 Å². The quantitative estimate of drug-likeness (QED) is 0.0509. The van der Waals surface area contributed by atoms with E-state index >= 15 is 0 Å². The van der Waals surface area contributed by atoms with E-state index in [1.165, 1.54) is 51.1 Å². The van der Waals surface area contributed by atoms with Crippen LogP contribution in [0.4, 0.5) is 56.6 Å². The Hall–Kier alpha value is -8.13. The number of likely N-dealkylation sites (N-methyl/N-ethyl adjacent to an activating group) is 3. The van der Waals surface area contributed by atoms with Crippen molar-refractivity contribution < 1.29 is 133 Å². The summed E-state index contributed by atoms with van der Waals surface area (Å²) in [6.07, 6.45) is -14.1. The predicted molar refractivity (Wildman–Crippen MR) is 323 cm³/mol. The van der Waals surface area contributed by atoms with Crippen molar-refractivity contribution in [2.45, 2.75) is 99.7 Å². The largest absolute Gasteiger partial charge is 1.00 e. The normalized spacial score (nSPS) is 12.7. The number of carbonyl (C=O) groups is 6. The van der Waals surface area contributed by atoms with Gasteiger partial charge in [0.1, 0.15) is 17.2 Å². The van der Waals surface area contributed by atoms with E-state index in [1.807, 2.05) is 0 Å². The van der Waals surface area contributed by atoms with Crippen LogP contribution in [0.25, 0.3) is 0 Å². The number of nitrogens with zero attached hydrogens (tertiary/aromatic N) is 3. The van der Waals surface area contributed by atoms with Crippen molar-refractivity contribution in [2.24, 2.45) is 0 Å². The molecule has 6 aromatic rings. The number of halogens is 10. The molecule has 7 rings (SSSR count). The third kappa shape index (κ3) is 21.2. The molecule has 1 heterocycles. The summed E-state index contributed by atoms with van der Waals surface area (Å²) in [6.45, 7) is 7.67. The van der Waals surface area contributed by atoms with E-state index < -0.39 is 130 Å². The molecule has 0 aromatic heterocycles. The number of alkyl halides is 9. The van der Waals surface area contributed by atoms with E-state index in [0.717, 1.165) is 72.8 Å². The Labute approximate surface area is 565 Å². The first-order valence-electron chi connectivity index (χ1n) is 29.6. The zero-order chi connectivity index (χ0) is 67.8. The molecule has 506 valence electrons. The zero-order valence-electron chi connectivity index (χ0n) is 53.0. The van der Waals surface area contributed by atoms with Crippen LogP contribution in [0.15, 0.2) is 109 Å². The number of nitrogens with one attached hydrogen (secondary N) is 3. The van der Waals surface area contributed by atoms with Crippen molar-refractivity contribution in [1.29, 1.82) is 0 Å². The van der Waals surface area contributed by atoms with Gasteiger partial charge in [0.15, 0.2) is 19.8 Å². The molecule has 0 saturated carbocycles. The fraction of sp³-hybridized carbons (Fsp3) is 0.364. The van der Waals surface area contributed by atoms with Crippen LogP contribution in [0.3, 0.4) is 0 Å². The van der Waals surface area contributed by atoms with Gasteiger partial charge in [-0.05, 0) is 151 Å². The molecule has 0 unspecified atom stereocenters. The topological polar surface area (TPSA) is 204 Å². The summed E-state index contributed by atoms with van der Waals surface area (Å²) < 4.78 is 161. The van der Waals surface area contributed by atoms with Crippen molar-refractivity contribution in [3.63, 3.8) is 0 Å². The summed E-state index contributed by atoms with van der Waals surface area (Å²) in [4.78, 5) is 88.6. The fourth-order valence-electron chi connectivity index (χ4n) is 9.91. The predicted octanol–water partition coefficient (Wildman–Crippen LogP) is 6.71. The Balaban J connectivity index is 0.00000817. The number of rotatable bonds is 21. The summed E-state index contributed by atoms with van der Waals surface area (Å²) in [6, 6.07) is 19.0. The Morgan fingerprint density at radius 2 is 0.558 bits per heavy atom. The van der Waals surface area contributed by atoms with Crippen LogP contribution in [0.1, 0.15) is 123 Å². The summed E-state index contributed by atoms with van der Waals surface area (Å²) in [5, 5.41) is 7.77. The maximum Gasteiger partial charge on any atom is 1.00 e. The molecule has 3 N–H and O–H groups in total. The molecule has 6 aromatic carbocycles. The van der Waals surface area contributed by atoms with Crippen LogP contribution < -0.4 is 66.0 Å². The van der Waals surface area contributed by atoms with Crippen LogP contribution in [0.2, 0.25) is 0 Å². The first kappa shape index (κ1) is 77.6. The molecule has 95 heavy (non-hydrogen) atoms. The molecule has 18 nitrogen and oxygen atoms in total. The number of anilines is 3. The Kier molecular flexibility index (Phi) is 28.6. The second kappa shape index (κ2) is 35.0. The third-order valence-corrected chi connectivity index (χ3v) is 14.8. The number of hydrogen-bond acceptors (Lipinski definition) is 12. The molecular weight excluding hydrogens is 1330 g/mol. The Morgan fingerprint density at radius 1 is 0.368 bits per heavy atom. The van der Waals surface area contributed by atoms with Crippen molar-refractivity contribution in [3.8, 4) is 17.2 Å². The molecule has 0 atom stereocenters. The smallest absolute Gasteiger partial charge is 1.00 e. The molecule has 6 amide bonds. The number of carbonyl (C=O) groups excluding carboxylic acids is 6. The summed E-state index contributed by atoms with van der Waals surface area (Å²) in [5.74, 6) is -4.06. The van der Waals surface area contributed by atoms with Gasteiger partial charge in [0.05, 0.1) is 56.3 Å². The van der Waals surface area contributed by atoms with Gasteiger partial charge in [0.25, 0.3) is 35.4 Å². The average Bonchev–Trinajstić information content (AvgIpc) is 0.812. The molecule has 1 aliphatic rings. The van der Waals surface area contributed by atoms with Gasteiger partial charge in [-0.1, -0.05) is 0 Å². The van der Waals surface area contributed by atoms with Gasteiger partial charge in [-0.3, -0.25) is 28.8 Å². The minimum atomic E-state index is -4.69. The van der Waals surface area contributed by atoms with Crippen molar-refractivity contribution in [3.05, 3.63) is 176 Å². The third-order valence-electron chi connectivity index (χ3n) is 14.8. The fourth-order valence-corrected chi connectivity index (χ4v) is 9.91. The number of hydrogen-bond donors (Lipinski definition) is 3. The molecule has 0 fully saturated rings. The van der Waals surface area contributed by atoms with E-state index in [-0.39, 0.29) is 120 Å². The molecule has 0 radical (unpaired) electrons. The maximum atomic E-state index is 14.4. The zero-order valence-corrected chi connectivity index (χ0v) is 54.6. The Bertz CT molecular complexity index is 3180. The number of benzene rings is 6. The van der Waals surface area contributed by atoms with Crippen LogP contribution >= 0.6 is 0 Å². The van der Waals surface area contributed by atoms with E-state index in [9.17, 15) is 68.3 Å². The number of fused-ring (bicyclic) bond motifs is 6. The minimum Gasteiger partial charge on any atom is -1.00 e. The first-order chi connectivity index (χ1) is 44.2. The van der Waals surface area contributed by atoms with Crippen LogP contribution in [0, 0.1) is 0 Å². The second-order valence-corrected chi connectivity index (χ2v) is 21.0. The van der Waals surface area contributed by atoms with Gasteiger partial charge in [0.2, 0.25) is 0 Å². The molecular formula is C66H69BrF9LiN6O12. The number of ether oxygens (including phenoxy) is 6. The summed E-state index contributed by atoms with van der Waals surface area (Å²) >= 11 is 0. The van der Waals surface area contributed by atoms with Crippen molar-refractivity contribution >= 4 is 52.5 Å². The minimum absolute atomic E-state index is 0. The van der Waals surface area contributed by atoms with Crippen molar-refractivity contribution in [1.82, 2.24) is 14.7 Å². The van der Waals surface area contributed by atoms with Gasteiger partial charge in [-0.25, -0.2) is 0 Å². The van der Waals surface area contributed by atoms with Gasteiger partial charge in [-0.2, -0.15) is 39.5 Å². The monoisotopic (exact) mass is 1390 g/mol. The molecule has 0 saturated heterocycles. The van der Waals surface area contributed by atoms with Crippen LogP contribution in [-0.4, -0.2) is 109 Å². The summed E-state index contributed by atoms with van der Waals surface area (Å²) in [5.41, 5.74) is -2.93. The molecule has 0 spiro atoms. The second-order valence-electron chi connectivity index (χ2n) is 21.0. The molecule has 1 aliphatic heterocycles. The molecule has 29 heteroatoms. The SMILES string of the molecule is CCN(CC)C(=O)COc1c2cc(C(=O)Nc3ccc(C(F)(F)F)cc3)cc1COCc1cc(C(=O)Nc3ccc(C(F)(F)F)cc3)cc(c1OCC(=O)N(CC)CC)COCc1cc(C(=O)Nc3ccc(C(F)(F)F)cc3)cc(c1OCC(=O)N(CC)CC)COC2.[Br-].[Li+]. The van der Waals surface area contributed by atoms with Gasteiger partial charge in [-0.15, -0.1) is 0 Å². The Morgan fingerprint density at radius 3 is 0.726 bits per heavy atom. The first-order valence-corrected chi connectivity index (χ1v) is 29.6. The average molecular weight is 1400 g/mol. The van der Waals surface area contributed by atoms with E-state index in [2.05, 4.69) is 16.0 Å². The van der Waals surface area contributed by atoms with Gasteiger partial charge in [0, 0.05) is 106 Å². The number of amides is 6. The van der Waals surface area contributed by atoms with E-state index in [1.54, 1.807) is 41.5 Å². The molecule has 0 aliphatic carbocycles. The van der Waals surface area contributed by atoms with Gasteiger partial charge < -0.3 is 76.1 Å².